The SMILES string of the molecule is Cc1ccc(NS(=O)(=O)c2cc(C(=O)NC3CCCC3)ccc2C)cc1C. The maximum Gasteiger partial charge on any atom is 0.262 e. The summed E-state index contributed by atoms with van der Waals surface area (Å²) < 4.78 is 28.4. The van der Waals surface area contributed by atoms with Crippen molar-refractivity contribution in [2.75, 3.05) is 4.72 Å². The summed E-state index contributed by atoms with van der Waals surface area (Å²) in [5.74, 6) is -0.218. The van der Waals surface area contributed by atoms with Gasteiger partial charge in [-0.05, 0) is 74.6 Å². The summed E-state index contributed by atoms with van der Waals surface area (Å²) in [6.45, 7) is 5.64. The van der Waals surface area contributed by atoms with Gasteiger partial charge in [0, 0.05) is 17.3 Å². The van der Waals surface area contributed by atoms with E-state index in [1.54, 1.807) is 31.2 Å². The number of sulfonamides is 1. The number of benzene rings is 2. The van der Waals surface area contributed by atoms with Crippen molar-refractivity contribution in [2.24, 2.45) is 0 Å². The van der Waals surface area contributed by atoms with Crippen molar-refractivity contribution in [3.05, 3.63) is 58.7 Å². The molecule has 0 unspecified atom stereocenters. The van der Waals surface area contributed by atoms with Crippen molar-refractivity contribution in [1.29, 1.82) is 0 Å². The lowest BCUT2D eigenvalue weighted by molar-refractivity contribution is 0.0937. The second-order valence-corrected chi connectivity index (χ2v) is 8.99. The topological polar surface area (TPSA) is 75.3 Å². The van der Waals surface area contributed by atoms with Gasteiger partial charge in [0.25, 0.3) is 15.9 Å². The quantitative estimate of drug-likeness (QED) is 0.813. The Hall–Kier alpha value is -2.34. The summed E-state index contributed by atoms with van der Waals surface area (Å²) in [7, 11) is -3.79. The number of aryl methyl sites for hydroxylation is 3. The van der Waals surface area contributed by atoms with Crippen molar-refractivity contribution in [2.45, 2.75) is 57.4 Å². The first-order valence-corrected chi connectivity index (χ1v) is 10.8. The minimum atomic E-state index is -3.79. The third-order valence-corrected chi connectivity index (χ3v) is 6.71. The van der Waals surface area contributed by atoms with E-state index in [0.29, 0.717) is 16.8 Å². The lowest BCUT2D eigenvalue weighted by atomic mass is 10.1. The minimum Gasteiger partial charge on any atom is -0.349 e. The largest absolute Gasteiger partial charge is 0.349 e. The zero-order valence-corrected chi connectivity index (χ0v) is 16.8. The van der Waals surface area contributed by atoms with Crippen molar-refractivity contribution in [3.63, 3.8) is 0 Å². The molecule has 0 saturated heterocycles. The second kappa shape index (κ2) is 7.72. The Morgan fingerprint density at radius 3 is 2.26 bits per heavy atom. The Morgan fingerprint density at radius 1 is 0.926 bits per heavy atom. The molecule has 0 aromatic heterocycles. The van der Waals surface area contributed by atoms with Gasteiger partial charge in [-0.1, -0.05) is 25.0 Å². The van der Waals surface area contributed by atoms with Crippen LogP contribution in [-0.2, 0) is 10.0 Å². The molecule has 6 heteroatoms. The molecule has 1 aliphatic carbocycles. The Balaban J connectivity index is 1.85. The molecular formula is C21H26N2O3S. The maximum absolute atomic E-state index is 12.9. The van der Waals surface area contributed by atoms with Crippen LogP contribution in [0, 0.1) is 20.8 Å². The Labute approximate surface area is 161 Å². The zero-order valence-electron chi connectivity index (χ0n) is 16.0. The molecule has 2 aromatic rings. The van der Waals surface area contributed by atoms with E-state index in [1.807, 2.05) is 19.9 Å². The maximum atomic E-state index is 12.9. The lowest BCUT2D eigenvalue weighted by Crippen LogP contribution is -2.32. The molecule has 0 bridgehead atoms. The number of hydrogen-bond acceptors (Lipinski definition) is 3. The lowest BCUT2D eigenvalue weighted by Gasteiger charge is -2.15. The van der Waals surface area contributed by atoms with E-state index < -0.39 is 10.0 Å². The average Bonchev–Trinajstić information content (AvgIpc) is 3.11. The van der Waals surface area contributed by atoms with Crippen LogP contribution in [0.3, 0.4) is 0 Å². The van der Waals surface area contributed by atoms with Crippen LogP contribution in [0.25, 0.3) is 0 Å². The molecule has 27 heavy (non-hydrogen) atoms. The molecule has 2 aromatic carbocycles. The van der Waals surface area contributed by atoms with Crippen molar-refractivity contribution < 1.29 is 13.2 Å². The monoisotopic (exact) mass is 386 g/mol. The number of anilines is 1. The van der Waals surface area contributed by atoms with Gasteiger partial charge < -0.3 is 5.32 Å². The van der Waals surface area contributed by atoms with E-state index in [4.69, 9.17) is 0 Å². The Bertz CT molecular complexity index is 961. The van der Waals surface area contributed by atoms with Crippen LogP contribution in [-0.4, -0.2) is 20.4 Å². The first-order valence-electron chi connectivity index (χ1n) is 9.28. The number of nitrogens with one attached hydrogen (secondary N) is 2. The molecule has 0 aliphatic heterocycles. The smallest absolute Gasteiger partial charge is 0.262 e. The average molecular weight is 387 g/mol. The number of rotatable bonds is 5. The van der Waals surface area contributed by atoms with Crippen LogP contribution in [0.2, 0.25) is 0 Å². The van der Waals surface area contributed by atoms with Gasteiger partial charge in [-0.3, -0.25) is 9.52 Å². The number of amides is 1. The first kappa shape index (κ1) is 19.4. The summed E-state index contributed by atoms with van der Waals surface area (Å²) >= 11 is 0. The first-order chi connectivity index (χ1) is 12.8. The van der Waals surface area contributed by atoms with Gasteiger partial charge in [0.05, 0.1) is 4.90 Å². The predicted octanol–water partition coefficient (Wildman–Crippen LogP) is 4.09. The zero-order chi connectivity index (χ0) is 19.6. The fourth-order valence-electron chi connectivity index (χ4n) is 3.38. The Kier molecular flexibility index (Phi) is 5.56. The molecule has 0 heterocycles. The highest BCUT2D eigenvalue weighted by Gasteiger charge is 2.22. The third kappa shape index (κ3) is 4.50. The molecule has 2 N–H and O–H groups in total. The molecular weight excluding hydrogens is 360 g/mol. The van der Waals surface area contributed by atoms with Gasteiger partial charge in [0.15, 0.2) is 0 Å². The molecule has 1 fully saturated rings. The van der Waals surface area contributed by atoms with Gasteiger partial charge in [-0.25, -0.2) is 8.42 Å². The minimum absolute atomic E-state index is 0.125. The Morgan fingerprint density at radius 2 is 1.59 bits per heavy atom. The van der Waals surface area contributed by atoms with E-state index in [1.165, 1.54) is 6.07 Å². The van der Waals surface area contributed by atoms with Crippen LogP contribution in [0.4, 0.5) is 5.69 Å². The molecule has 3 rings (SSSR count). The summed E-state index contributed by atoms with van der Waals surface area (Å²) in [6, 6.07) is 10.4. The molecule has 1 amide bonds. The van der Waals surface area contributed by atoms with E-state index in [2.05, 4.69) is 10.0 Å². The molecule has 1 aliphatic rings. The van der Waals surface area contributed by atoms with E-state index >= 15 is 0 Å². The normalized spacial score (nSPS) is 14.9. The van der Waals surface area contributed by atoms with Crippen LogP contribution in [0.5, 0.6) is 0 Å². The summed E-state index contributed by atoms with van der Waals surface area (Å²) in [6.07, 6.45) is 4.21. The van der Waals surface area contributed by atoms with Crippen molar-refractivity contribution in [3.8, 4) is 0 Å². The third-order valence-electron chi connectivity index (χ3n) is 5.19. The highest BCUT2D eigenvalue weighted by atomic mass is 32.2. The van der Waals surface area contributed by atoms with E-state index in [0.717, 1.165) is 36.8 Å². The van der Waals surface area contributed by atoms with Crippen LogP contribution < -0.4 is 10.0 Å². The molecule has 5 nitrogen and oxygen atoms in total. The van der Waals surface area contributed by atoms with Gasteiger partial charge in [0.1, 0.15) is 0 Å². The van der Waals surface area contributed by atoms with Gasteiger partial charge in [-0.15, -0.1) is 0 Å². The highest BCUT2D eigenvalue weighted by molar-refractivity contribution is 7.92. The fourth-order valence-corrected chi connectivity index (χ4v) is 4.71. The number of carbonyl (C=O) groups excluding carboxylic acids is 1. The predicted molar refractivity (Wildman–Crippen MR) is 108 cm³/mol. The molecule has 0 spiro atoms. The van der Waals surface area contributed by atoms with Crippen molar-refractivity contribution >= 4 is 21.6 Å². The molecule has 1 saturated carbocycles. The summed E-state index contributed by atoms with van der Waals surface area (Å²) in [5, 5.41) is 3.00. The summed E-state index contributed by atoms with van der Waals surface area (Å²) in [5.41, 5.74) is 3.59. The van der Waals surface area contributed by atoms with Crippen molar-refractivity contribution in [1.82, 2.24) is 5.32 Å². The van der Waals surface area contributed by atoms with Crippen LogP contribution in [0.15, 0.2) is 41.3 Å². The van der Waals surface area contributed by atoms with E-state index in [9.17, 15) is 13.2 Å². The van der Waals surface area contributed by atoms with Gasteiger partial charge in [-0.2, -0.15) is 0 Å². The number of hydrogen-bond donors (Lipinski definition) is 2. The highest BCUT2D eigenvalue weighted by Crippen LogP contribution is 2.23. The van der Waals surface area contributed by atoms with Crippen LogP contribution >= 0.6 is 0 Å². The molecule has 0 radical (unpaired) electrons. The fraction of sp³-hybridized carbons (Fsp3) is 0.381. The van der Waals surface area contributed by atoms with Gasteiger partial charge in [0.2, 0.25) is 0 Å². The van der Waals surface area contributed by atoms with E-state index in [-0.39, 0.29) is 16.8 Å². The van der Waals surface area contributed by atoms with Crippen LogP contribution in [0.1, 0.15) is 52.7 Å². The standard InChI is InChI=1S/C21H26N2O3S/c1-14-9-11-19(12-16(14)3)23-27(25,26)20-13-17(10-8-15(20)2)21(24)22-18-6-4-5-7-18/h8-13,18,23H,4-7H2,1-3H3,(H,22,24). The molecule has 144 valence electrons. The number of carbonyl (C=O) groups is 1. The molecule has 0 atom stereocenters. The summed E-state index contributed by atoms with van der Waals surface area (Å²) in [4.78, 5) is 12.6. The van der Waals surface area contributed by atoms with Gasteiger partial charge >= 0.3 is 0 Å². The second-order valence-electron chi connectivity index (χ2n) is 7.34.